The molecule has 2 rings (SSSR count). The molecular weight excluding hydrogens is 290 g/mol. The Morgan fingerprint density at radius 2 is 1.95 bits per heavy atom. The van der Waals surface area contributed by atoms with Crippen LogP contribution in [0.3, 0.4) is 0 Å². The number of anilines is 1. The number of nitrogens with one attached hydrogen (secondary N) is 1. The average Bonchev–Trinajstić information content (AvgIpc) is 2.77. The average molecular weight is 310 g/mol. The molecule has 5 nitrogen and oxygen atoms in total. The van der Waals surface area contributed by atoms with Crippen LogP contribution in [0.5, 0.6) is 0 Å². The molecule has 1 aliphatic rings. The van der Waals surface area contributed by atoms with Crippen molar-refractivity contribution in [3.8, 4) is 0 Å². The summed E-state index contributed by atoms with van der Waals surface area (Å²) in [5.74, 6) is 0.0168. The van der Waals surface area contributed by atoms with E-state index in [2.05, 4.69) is 10.5 Å². The van der Waals surface area contributed by atoms with Gasteiger partial charge in [-0.15, -0.1) is 0 Å². The summed E-state index contributed by atoms with van der Waals surface area (Å²) in [5.41, 5.74) is 6.56. The minimum Gasteiger partial charge on any atom is -0.409 e. The van der Waals surface area contributed by atoms with E-state index in [4.69, 9.17) is 22.5 Å². The summed E-state index contributed by atoms with van der Waals surface area (Å²) in [6.07, 6.45) is 6.42. The van der Waals surface area contributed by atoms with Gasteiger partial charge in [0.15, 0.2) is 5.84 Å². The maximum absolute atomic E-state index is 12.3. The van der Waals surface area contributed by atoms with Crippen LogP contribution >= 0.6 is 11.6 Å². The van der Waals surface area contributed by atoms with Gasteiger partial charge in [-0.3, -0.25) is 4.79 Å². The molecule has 1 fully saturated rings. The minimum absolute atomic E-state index is 0.00420. The summed E-state index contributed by atoms with van der Waals surface area (Å²) in [5, 5.41) is 15.0. The first kappa shape index (κ1) is 15.6. The Hall–Kier alpha value is -1.75. The maximum Gasteiger partial charge on any atom is 0.227 e. The van der Waals surface area contributed by atoms with Crippen LogP contribution in [0, 0.1) is 5.92 Å². The second-order valence-corrected chi connectivity index (χ2v) is 5.76. The van der Waals surface area contributed by atoms with Crippen LogP contribution in [0.4, 0.5) is 5.69 Å². The highest BCUT2D eigenvalue weighted by Crippen LogP contribution is 2.27. The Morgan fingerprint density at radius 3 is 2.57 bits per heavy atom. The van der Waals surface area contributed by atoms with Crippen LogP contribution in [0.2, 0.25) is 5.02 Å². The molecule has 1 aromatic carbocycles. The Balaban J connectivity index is 2.12. The summed E-state index contributed by atoms with van der Waals surface area (Å²) in [6, 6.07) is 4.88. The number of hydrogen-bond donors (Lipinski definition) is 3. The molecule has 0 unspecified atom stereocenters. The first-order valence-corrected chi connectivity index (χ1v) is 7.58. The van der Waals surface area contributed by atoms with Crippen LogP contribution in [0.1, 0.15) is 44.1 Å². The normalized spacial score (nSPS) is 17.3. The lowest BCUT2D eigenvalue weighted by Gasteiger charge is -2.15. The van der Waals surface area contributed by atoms with Crippen molar-refractivity contribution in [1.82, 2.24) is 0 Å². The molecule has 1 amide bonds. The van der Waals surface area contributed by atoms with E-state index in [1.165, 1.54) is 12.8 Å². The predicted octanol–water partition coefficient (Wildman–Crippen LogP) is 3.34. The van der Waals surface area contributed by atoms with Gasteiger partial charge in [-0.05, 0) is 31.0 Å². The zero-order valence-corrected chi connectivity index (χ0v) is 12.6. The molecule has 114 valence electrons. The summed E-state index contributed by atoms with van der Waals surface area (Å²) >= 11 is 6.10. The van der Waals surface area contributed by atoms with Gasteiger partial charge in [0.1, 0.15) is 0 Å². The summed E-state index contributed by atoms with van der Waals surface area (Å²) in [6.45, 7) is 0. The highest BCUT2D eigenvalue weighted by Gasteiger charge is 2.21. The Labute approximate surface area is 129 Å². The van der Waals surface area contributed by atoms with Gasteiger partial charge in [-0.1, -0.05) is 42.4 Å². The molecule has 0 aromatic heterocycles. The molecular formula is C15H20ClN3O2. The second kappa shape index (κ2) is 7.31. The van der Waals surface area contributed by atoms with Crippen molar-refractivity contribution in [2.45, 2.75) is 38.5 Å². The number of nitrogens with two attached hydrogens (primary N) is 1. The van der Waals surface area contributed by atoms with Crippen LogP contribution in [-0.4, -0.2) is 17.0 Å². The van der Waals surface area contributed by atoms with Crippen molar-refractivity contribution < 1.29 is 10.0 Å². The Bertz CT molecular complexity index is 538. The smallest absolute Gasteiger partial charge is 0.227 e. The minimum atomic E-state index is -0.0170. The lowest BCUT2D eigenvalue weighted by Crippen LogP contribution is -2.23. The standard InChI is InChI=1S/C15H20ClN3O2/c16-12-8-7-11(14(17)19-21)9-13(12)18-15(20)10-5-3-1-2-4-6-10/h7-10,21H,1-6H2,(H2,17,19)(H,18,20). The third kappa shape index (κ3) is 4.11. The molecule has 0 radical (unpaired) electrons. The lowest BCUT2D eigenvalue weighted by molar-refractivity contribution is -0.120. The van der Waals surface area contributed by atoms with Crippen molar-refractivity contribution >= 4 is 29.0 Å². The molecule has 0 bridgehead atoms. The van der Waals surface area contributed by atoms with Crippen molar-refractivity contribution in [2.24, 2.45) is 16.8 Å². The Morgan fingerprint density at radius 1 is 1.29 bits per heavy atom. The molecule has 0 atom stereocenters. The quantitative estimate of drug-likeness (QED) is 0.263. The van der Waals surface area contributed by atoms with Crippen LogP contribution in [0.25, 0.3) is 0 Å². The third-order valence-corrected chi connectivity index (χ3v) is 4.18. The van der Waals surface area contributed by atoms with E-state index < -0.39 is 0 Å². The van der Waals surface area contributed by atoms with Crippen molar-refractivity contribution in [1.29, 1.82) is 0 Å². The number of nitrogens with zero attached hydrogens (tertiary/aromatic N) is 1. The van der Waals surface area contributed by atoms with E-state index in [1.807, 2.05) is 0 Å². The fourth-order valence-electron chi connectivity index (χ4n) is 2.61. The first-order chi connectivity index (χ1) is 10.1. The second-order valence-electron chi connectivity index (χ2n) is 5.36. The fraction of sp³-hybridized carbons (Fsp3) is 0.467. The number of carbonyl (C=O) groups is 1. The van der Waals surface area contributed by atoms with Gasteiger partial charge in [0, 0.05) is 11.5 Å². The largest absolute Gasteiger partial charge is 0.409 e. The van der Waals surface area contributed by atoms with Gasteiger partial charge in [0.2, 0.25) is 5.91 Å². The monoisotopic (exact) mass is 309 g/mol. The van der Waals surface area contributed by atoms with Gasteiger partial charge in [0.25, 0.3) is 0 Å². The van der Waals surface area contributed by atoms with Crippen molar-refractivity contribution in [3.05, 3.63) is 28.8 Å². The van der Waals surface area contributed by atoms with Crippen LogP contribution in [0.15, 0.2) is 23.4 Å². The number of hydrogen-bond acceptors (Lipinski definition) is 3. The van der Waals surface area contributed by atoms with E-state index in [0.717, 1.165) is 25.7 Å². The lowest BCUT2D eigenvalue weighted by atomic mass is 9.99. The number of halogens is 1. The number of amides is 1. The van der Waals surface area contributed by atoms with E-state index >= 15 is 0 Å². The number of carbonyl (C=O) groups excluding carboxylic acids is 1. The maximum atomic E-state index is 12.3. The molecule has 0 spiro atoms. The molecule has 1 aliphatic carbocycles. The first-order valence-electron chi connectivity index (χ1n) is 7.20. The van der Waals surface area contributed by atoms with Crippen molar-refractivity contribution in [2.75, 3.05) is 5.32 Å². The zero-order chi connectivity index (χ0) is 15.2. The van der Waals surface area contributed by atoms with Crippen LogP contribution < -0.4 is 11.1 Å². The van der Waals surface area contributed by atoms with Gasteiger partial charge < -0.3 is 16.3 Å². The van der Waals surface area contributed by atoms with Gasteiger partial charge >= 0.3 is 0 Å². The van der Waals surface area contributed by atoms with E-state index in [0.29, 0.717) is 16.3 Å². The van der Waals surface area contributed by atoms with E-state index in [9.17, 15) is 4.79 Å². The molecule has 0 heterocycles. The molecule has 21 heavy (non-hydrogen) atoms. The molecule has 0 saturated heterocycles. The number of benzene rings is 1. The third-order valence-electron chi connectivity index (χ3n) is 3.85. The van der Waals surface area contributed by atoms with Crippen LogP contribution in [-0.2, 0) is 4.79 Å². The molecule has 0 aliphatic heterocycles. The SMILES string of the molecule is N/C(=N/O)c1ccc(Cl)c(NC(=O)C2CCCCCC2)c1. The highest BCUT2D eigenvalue weighted by atomic mass is 35.5. The molecule has 1 saturated carbocycles. The number of rotatable bonds is 3. The van der Waals surface area contributed by atoms with Gasteiger partial charge in [0.05, 0.1) is 10.7 Å². The highest BCUT2D eigenvalue weighted by molar-refractivity contribution is 6.34. The number of oxime groups is 1. The Kier molecular flexibility index (Phi) is 5.44. The summed E-state index contributed by atoms with van der Waals surface area (Å²) < 4.78 is 0. The number of amidine groups is 1. The molecule has 6 heteroatoms. The topological polar surface area (TPSA) is 87.7 Å². The molecule has 1 aromatic rings. The zero-order valence-electron chi connectivity index (χ0n) is 11.8. The molecule has 4 N–H and O–H groups in total. The van der Waals surface area contributed by atoms with E-state index in [-0.39, 0.29) is 17.7 Å². The summed E-state index contributed by atoms with van der Waals surface area (Å²) in [4.78, 5) is 12.3. The van der Waals surface area contributed by atoms with Gasteiger partial charge in [-0.25, -0.2) is 0 Å². The van der Waals surface area contributed by atoms with E-state index in [1.54, 1.807) is 18.2 Å². The summed E-state index contributed by atoms with van der Waals surface area (Å²) in [7, 11) is 0. The fourth-order valence-corrected chi connectivity index (χ4v) is 2.78. The predicted molar refractivity (Wildman–Crippen MR) is 83.8 cm³/mol. The van der Waals surface area contributed by atoms with Crippen molar-refractivity contribution in [3.63, 3.8) is 0 Å². The van der Waals surface area contributed by atoms with Gasteiger partial charge in [-0.2, -0.15) is 0 Å².